The molecule has 1 aliphatic carbocycles. The van der Waals surface area contributed by atoms with Gasteiger partial charge in [-0.3, -0.25) is 9.59 Å². The predicted molar refractivity (Wildman–Crippen MR) is 75.9 cm³/mol. The minimum absolute atomic E-state index is 0.0723. The van der Waals surface area contributed by atoms with Crippen LogP contribution < -0.4 is 5.32 Å². The van der Waals surface area contributed by atoms with Crippen LogP contribution in [0.2, 0.25) is 0 Å². The summed E-state index contributed by atoms with van der Waals surface area (Å²) in [5, 5.41) is 12.8. The fraction of sp³-hybridized carbons (Fsp3) is 0.867. The molecule has 3 unspecified atom stereocenters. The van der Waals surface area contributed by atoms with Crippen molar-refractivity contribution < 1.29 is 14.7 Å². The lowest BCUT2D eigenvalue weighted by Crippen LogP contribution is -2.47. The zero-order chi connectivity index (χ0) is 14.7. The van der Waals surface area contributed by atoms with Gasteiger partial charge in [0.25, 0.3) is 0 Å². The van der Waals surface area contributed by atoms with E-state index in [0.29, 0.717) is 25.4 Å². The van der Waals surface area contributed by atoms with Crippen molar-refractivity contribution in [3.05, 3.63) is 0 Å². The SMILES string of the molecule is CC(C)CN1CC(C(=O)NC2CCCCC2O)CC1=O. The number of nitrogens with one attached hydrogen (secondary N) is 1. The number of aliphatic hydroxyl groups excluding tert-OH is 1. The second-order valence-electron chi connectivity index (χ2n) is 6.56. The molecule has 0 aromatic carbocycles. The standard InChI is InChI=1S/C15H26N2O3/c1-10(2)8-17-9-11(7-14(17)19)15(20)16-12-5-3-4-6-13(12)18/h10-13,18H,3-9H2,1-2H3,(H,16,20). The molecule has 5 nitrogen and oxygen atoms in total. The largest absolute Gasteiger partial charge is 0.391 e. The quantitative estimate of drug-likeness (QED) is 0.805. The molecule has 1 saturated heterocycles. The van der Waals surface area contributed by atoms with Crippen LogP contribution in [0.4, 0.5) is 0 Å². The van der Waals surface area contributed by atoms with E-state index in [9.17, 15) is 14.7 Å². The highest BCUT2D eigenvalue weighted by Crippen LogP contribution is 2.22. The smallest absolute Gasteiger partial charge is 0.225 e. The molecule has 0 radical (unpaired) electrons. The second-order valence-corrected chi connectivity index (χ2v) is 6.56. The normalized spacial score (nSPS) is 30.9. The molecule has 0 spiro atoms. The van der Waals surface area contributed by atoms with Crippen LogP contribution in [-0.2, 0) is 9.59 Å². The summed E-state index contributed by atoms with van der Waals surface area (Å²) in [4.78, 5) is 25.9. The van der Waals surface area contributed by atoms with Gasteiger partial charge in [-0.1, -0.05) is 26.7 Å². The lowest BCUT2D eigenvalue weighted by Gasteiger charge is -2.29. The van der Waals surface area contributed by atoms with E-state index in [1.165, 1.54) is 0 Å². The Kier molecular flexibility index (Phi) is 5.02. The molecule has 3 atom stereocenters. The minimum Gasteiger partial charge on any atom is -0.391 e. The average molecular weight is 282 g/mol. The molecule has 20 heavy (non-hydrogen) atoms. The van der Waals surface area contributed by atoms with Crippen molar-refractivity contribution in [2.45, 2.75) is 58.1 Å². The molecule has 0 aromatic rings. The van der Waals surface area contributed by atoms with Gasteiger partial charge in [-0.2, -0.15) is 0 Å². The van der Waals surface area contributed by atoms with E-state index in [2.05, 4.69) is 19.2 Å². The van der Waals surface area contributed by atoms with Gasteiger partial charge in [-0.15, -0.1) is 0 Å². The third-order valence-electron chi connectivity index (χ3n) is 4.23. The highest BCUT2D eigenvalue weighted by atomic mass is 16.3. The minimum atomic E-state index is -0.434. The summed E-state index contributed by atoms with van der Waals surface area (Å²) < 4.78 is 0. The van der Waals surface area contributed by atoms with Crippen molar-refractivity contribution in [1.82, 2.24) is 10.2 Å². The Morgan fingerprint density at radius 1 is 1.40 bits per heavy atom. The topological polar surface area (TPSA) is 69.6 Å². The van der Waals surface area contributed by atoms with Crippen molar-refractivity contribution in [1.29, 1.82) is 0 Å². The number of rotatable bonds is 4. The van der Waals surface area contributed by atoms with Gasteiger partial charge in [0.2, 0.25) is 11.8 Å². The van der Waals surface area contributed by atoms with Crippen LogP contribution in [0, 0.1) is 11.8 Å². The number of hydrogen-bond acceptors (Lipinski definition) is 3. The molecule has 2 aliphatic rings. The number of aliphatic hydroxyl groups is 1. The van der Waals surface area contributed by atoms with E-state index < -0.39 is 6.10 Å². The summed E-state index contributed by atoms with van der Waals surface area (Å²) in [5.74, 6) is 0.162. The van der Waals surface area contributed by atoms with Gasteiger partial charge in [-0.05, 0) is 18.8 Å². The summed E-state index contributed by atoms with van der Waals surface area (Å²) in [7, 11) is 0. The first-order valence-electron chi connectivity index (χ1n) is 7.73. The van der Waals surface area contributed by atoms with Crippen LogP contribution in [0.25, 0.3) is 0 Å². The Labute approximate surface area is 120 Å². The molecule has 2 rings (SSSR count). The van der Waals surface area contributed by atoms with Crippen LogP contribution in [0.1, 0.15) is 46.0 Å². The van der Waals surface area contributed by atoms with Gasteiger partial charge in [0, 0.05) is 19.5 Å². The zero-order valence-corrected chi connectivity index (χ0v) is 12.5. The first-order valence-corrected chi connectivity index (χ1v) is 7.73. The Balaban J connectivity index is 1.85. The van der Waals surface area contributed by atoms with Crippen molar-refractivity contribution >= 4 is 11.8 Å². The predicted octanol–water partition coefficient (Wildman–Crippen LogP) is 0.911. The van der Waals surface area contributed by atoms with Crippen molar-refractivity contribution in [3.8, 4) is 0 Å². The third kappa shape index (κ3) is 3.72. The lowest BCUT2D eigenvalue weighted by atomic mass is 9.92. The van der Waals surface area contributed by atoms with E-state index >= 15 is 0 Å². The van der Waals surface area contributed by atoms with Crippen LogP contribution >= 0.6 is 0 Å². The molecular formula is C15H26N2O3. The monoisotopic (exact) mass is 282 g/mol. The molecule has 0 bridgehead atoms. The van der Waals surface area contributed by atoms with Gasteiger partial charge >= 0.3 is 0 Å². The van der Waals surface area contributed by atoms with E-state index in [4.69, 9.17) is 0 Å². The van der Waals surface area contributed by atoms with Crippen molar-refractivity contribution in [2.75, 3.05) is 13.1 Å². The first kappa shape index (κ1) is 15.3. The number of carbonyl (C=O) groups excluding carboxylic acids is 2. The van der Waals surface area contributed by atoms with Crippen LogP contribution in [0.15, 0.2) is 0 Å². The number of amides is 2. The Morgan fingerprint density at radius 3 is 2.75 bits per heavy atom. The molecule has 1 saturated carbocycles. The van der Waals surface area contributed by atoms with Gasteiger partial charge in [0.1, 0.15) is 0 Å². The lowest BCUT2D eigenvalue weighted by molar-refractivity contribution is -0.129. The molecule has 2 fully saturated rings. The number of carbonyl (C=O) groups is 2. The summed E-state index contributed by atoms with van der Waals surface area (Å²) in [5.41, 5.74) is 0. The number of likely N-dealkylation sites (tertiary alicyclic amines) is 1. The summed E-state index contributed by atoms with van der Waals surface area (Å²) >= 11 is 0. The first-order chi connectivity index (χ1) is 9.47. The summed E-state index contributed by atoms with van der Waals surface area (Å²) in [6.45, 7) is 5.37. The maximum atomic E-state index is 12.2. The number of nitrogens with zero attached hydrogens (tertiary/aromatic N) is 1. The van der Waals surface area contributed by atoms with Gasteiger partial charge in [0.15, 0.2) is 0 Å². The molecule has 2 amide bonds. The van der Waals surface area contributed by atoms with Crippen LogP contribution in [-0.4, -0.2) is 47.1 Å². The fourth-order valence-corrected chi connectivity index (χ4v) is 3.15. The highest BCUT2D eigenvalue weighted by Gasteiger charge is 2.36. The molecule has 1 aliphatic heterocycles. The maximum Gasteiger partial charge on any atom is 0.225 e. The Morgan fingerprint density at radius 2 is 2.10 bits per heavy atom. The van der Waals surface area contributed by atoms with Gasteiger partial charge in [-0.25, -0.2) is 0 Å². The van der Waals surface area contributed by atoms with E-state index in [1.54, 1.807) is 4.90 Å². The van der Waals surface area contributed by atoms with Crippen LogP contribution in [0.5, 0.6) is 0 Å². The fourth-order valence-electron chi connectivity index (χ4n) is 3.15. The Bertz CT molecular complexity index is 370. The summed E-state index contributed by atoms with van der Waals surface area (Å²) in [6.07, 6.45) is 3.54. The van der Waals surface area contributed by atoms with E-state index in [-0.39, 0.29) is 23.8 Å². The molecular weight excluding hydrogens is 256 g/mol. The molecule has 5 heteroatoms. The molecule has 0 aromatic heterocycles. The van der Waals surface area contributed by atoms with Crippen molar-refractivity contribution in [2.24, 2.45) is 11.8 Å². The van der Waals surface area contributed by atoms with E-state index in [1.807, 2.05) is 0 Å². The van der Waals surface area contributed by atoms with E-state index in [0.717, 1.165) is 25.7 Å². The van der Waals surface area contributed by atoms with Gasteiger partial charge in [0.05, 0.1) is 18.1 Å². The average Bonchev–Trinajstić information content (AvgIpc) is 2.73. The maximum absolute atomic E-state index is 12.2. The molecule has 1 heterocycles. The van der Waals surface area contributed by atoms with Crippen LogP contribution in [0.3, 0.4) is 0 Å². The highest BCUT2D eigenvalue weighted by molar-refractivity contribution is 5.89. The second kappa shape index (κ2) is 6.57. The van der Waals surface area contributed by atoms with Crippen molar-refractivity contribution in [3.63, 3.8) is 0 Å². The third-order valence-corrected chi connectivity index (χ3v) is 4.23. The number of hydrogen-bond donors (Lipinski definition) is 2. The molecule has 114 valence electrons. The molecule has 2 N–H and O–H groups in total. The summed E-state index contributed by atoms with van der Waals surface area (Å²) in [6, 6.07) is -0.134. The Hall–Kier alpha value is -1.10. The zero-order valence-electron chi connectivity index (χ0n) is 12.5. The van der Waals surface area contributed by atoms with Gasteiger partial charge < -0.3 is 15.3 Å².